The molecule has 0 aliphatic heterocycles. The van der Waals surface area contributed by atoms with Gasteiger partial charge in [-0.1, -0.05) is 29.8 Å². The summed E-state index contributed by atoms with van der Waals surface area (Å²) in [5, 5.41) is 19.7. The number of carbonyl (C=O) groups excluding carboxylic acids is 1. The second-order valence-corrected chi connectivity index (χ2v) is 6.46. The minimum absolute atomic E-state index is 0.0858. The Labute approximate surface area is 149 Å². The molecule has 2 aromatic heterocycles. The largest absolute Gasteiger partial charge is 0.493 e. The van der Waals surface area contributed by atoms with Gasteiger partial charge in [-0.05, 0) is 37.1 Å². The van der Waals surface area contributed by atoms with E-state index in [2.05, 4.69) is 20.2 Å². The number of rotatable bonds is 3. The predicted octanol–water partition coefficient (Wildman–Crippen LogP) is 4.82. The first-order valence-corrected chi connectivity index (χ1v) is 8.34. The van der Waals surface area contributed by atoms with Gasteiger partial charge in [-0.15, -0.1) is 10.2 Å². The number of aromatic hydroxyl groups is 1. The number of azo groups is 1. The Balaban J connectivity index is 1.63. The topological polar surface area (TPSA) is 93.6 Å². The number of para-hydroxylation sites is 1. The number of benzene rings is 2. The van der Waals surface area contributed by atoms with Crippen LogP contribution in [-0.2, 0) is 11.2 Å². The number of aromatic nitrogens is 2. The maximum absolute atomic E-state index is 12.3. The Kier molecular flexibility index (Phi) is 3.80. The molecule has 0 aliphatic rings. The van der Waals surface area contributed by atoms with Gasteiger partial charge in [-0.25, -0.2) is 0 Å². The molecule has 0 spiro atoms. The van der Waals surface area contributed by atoms with Crippen molar-refractivity contribution in [2.45, 2.75) is 20.3 Å². The normalized spacial score (nSPS) is 11.8. The van der Waals surface area contributed by atoms with E-state index < -0.39 is 0 Å². The van der Waals surface area contributed by atoms with E-state index in [9.17, 15) is 9.90 Å². The number of hydrogen-bond acceptors (Lipinski definition) is 3. The molecule has 0 fully saturated rings. The van der Waals surface area contributed by atoms with E-state index in [0.29, 0.717) is 5.69 Å². The third-order valence-electron chi connectivity index (χ3n) is 4.48. The third kappa shape index (κ3) is 2.75. The molecule has 3 N–H and O–H groups in total. The van der Waals surface area contributed by atoms with Gasteiger partial charge < -0.3 is 15.1 Å². The zero-order valence-electron chi connectivity index (χ0n) is 14.5. The first kappa shape index (κ1) is 16.1. The molecule has 0 radical (unpaired) electrons. The molecule has 6 nitrogen and oxygen atoms in total. The zero-order chi connectivity index (χ0) is 18.3. The van der Waals surface area contributed by atoms with Crippen LogP contribution in [0.5, 0.6) is 5.88 Å². The lowest BCUT2D eigenvalue weighted by molar-refractivity contribution is -0.117. The maximum atomic E-state index is 12.3. The van der Waals surface area contributed by atoms with Gasteiger partial charge in [0.1, 0.15) is 0 Å². The molecule has 0 unspecified atom stereocenters. The van der Waals surface area contributed by atoms with Crippen molar-refractivity contribution >= 4 is 33.4 Å². The summed E-state index contributed by atoms with van der Waals surface area (Å²) in [7, 11) is 0. The Morgan fingerprint density at radius 3 is 2.81 bits per heavy atom. The summed E-state index contributed by atoms with van der Waals surface area (Å²) in [6.45, 7) is 3.92. The van der Waals surface area contributed by atoms with Crippen LogP contribution >= 0.6 is 0 Å². The molecule has 0 saturated carbocycles. The quantitative estimate of drug-likeness (QED) is 0.464. The number of H-pyrrole nitrogens is 2. The lowest BCUT2D eigenvalue weighted by Gasteiger charge is -1.99. The van der Waals surface area contributed by atoms with Crippen LogP contribution in [0.25, 0.3) is 21.8 Å². The van der Waals surface area contributed by atoms with Gasteiger partial charge in [0.2, 0.25) is 5.88 Å². The number of aryl methyl sites for hydroxylation is 2. The molecule has 0 atom stereocenters. The van der Waals surface area contributed by atoms with Gasteiger partial charge in [0.15, 0.2) is 5.69 Å². The van der Waals surface area contributed by atoms with E-state index in [1.54, 1.807) is 0 Å². The number of amides is 1. The van der Waals surface area contributed by atoms with Crippen molar-refractivity contribution in [3.8, 4) is 5.88 Å². The van der Waals surface area contributed by atoms with Crippen LogP contribution in [0.3, 0.4) is 0 Å². The minimum Gasteiger partial charge on any atom is -0.493 e. The highest BCUT2D eigenvalue weighted by Gasteiger charge is 2.14. The van der Waals surface area contributed by atoms with E-state index in [1.807, 2.05) is 56.4 Å². The molecule has 1 amide bonds. The van der Waals surface area contributed by atoms with Crippen molar-refractivity contribution in [3.63, 3.8) is 0 Å². The Morgan fingerprint density at radius 2 is 1.96 bits per heavy atom. The fourth-order valence-electron chi connectivity index (χ4n) is 3.31. The summed E-state index contributed by atoms with van der Waals surface area (Å²) >= 11 is 0. The Morgan fingerprint density at radius 1 is 1.15 bits per heavy atom. The van der Waals surface area contributed by atoms with E-state index in [-0.39, 0.29) is 18.2 Å². The van der Waals surface area contributed by atoms with Crippen molar-refractivity contribution in [2.24, 2.45) is 10.2 Å². The highest BCUT2D eigenvalue weighted by Crippen LogP contribution is 2.37. The van der Waals surface area contributed by atoms with Gasteiger partial charge in [0.25, 0.3) is 5.91 Å². The van der Waals surface area contributed by atoms with Crippen LogP contribution in [0, 0.1) is 13.8 Å². The highest BCUT2D eigenvalue weighted by atomic mass is 16.3. The lowest BCUT2D eigenvalue weighted by atomic mass is 10.1. The van der Waals surface area contributed by atoms with Crippen LogP contribution in [0.1, 0.15) is 16.7 Å². The van der Waals surface area contributed by atoms with Crippen LogP contribution < -0.4 is 0 Å². The summed E-state index contributed by atoms with van der Waals surface area (Å²) in [5.41, 5.74) is 4.99. The standard InChI is InChI=1S/C20H18N4O2/c1-11-7-12(2)18-15(8-11)19(20(26)22-18)24-23-17(25)9-13-10-21-16-6-4-3-5-14(13)16/h3-8,10,21-22,26H,9H2,1-2H3. The number of nitrogens with zero attached hydrogens (tertiary/aromatic N) is 2. The van der Waals surface area contributed by atoms with E-state index in [0.717, 1.165) is 38.5 Å². The van der Waals surface area contributed by atoms with Crippen molar-refractivity contribution in [1.29, 1.82) is 0 Å². The molecule has 4 rings (SSSR count). The molecule has 0 bridgehead atoms. The minimum atomic E-state index is -0.368. The molecule has 0 aliphatic carbocycles. The van der Waals surface area contributed by atoms with E-state index in [4.69, 9.17) is 0 Å². The van der Waals surface area contributed by atoms with Crippen molar-refractivity contribution in [1.82, 2.24) is 9.97 Å². The first-order valence-electron chi connectivity index (χ1n) is 8.34. The van der Waals surface area contributed by atoms with Crippen molar-refractivity contribution < 1.29 is 9.90 Å². The lowest BCUT2D eigenvalue weighted by Crippen LogP contribution is -1.96. The number of aromatic amines is 2. The Bertz CT molecular complexity index is 1170. The number of hydrogen-bond donors (Lipinski definition) is 3. The second kappa shape index (κ2) is 6.15. The molecule has 26 heavy (non-hydrogen) atoms. The number of nitrogens with one attached hydrogen (secondary N) is 2. The molecule has 4 aromatic rings. The molecular formula is C20H18N4O2. The molecule has 2 aromatic carbocycles. The summed E-state index contributed by atoms with van der Waals surface area (Å²) in [6, 6.07) is 11.7. The fraction of sp³-hybridized carbons (Fsp3) is 0.150. The van der Waals surface area contributed by atoms with Crippen LogP contribution in [0.4, 0.5) is 5.69 Å². The van der Waals surface area contributed by atoms with Crippen molar-refractivity contribution in [3.05, 3.63) is 59.3 Å². The number of fused-ring (bicyclic) bond motifs is 2. The van der Waals surface area contributed by atoms with Crippen molar-refractivity contribution in [2.75, 3.05) is 0 Å². The van der Waals surface area contributed by atoms with Gasteiger partial charge >= 0.3 is 0 Å². The average Bonchev–Trinajstić information content (AvgIpc) is 3.15. The maximum Gasteiger partial charge on any atom is 0.269 e. The molecule has 130 valence electrons. The monoisotopic (exact) mass is 346 g/mol. The van der Waals surface area contributed by atoms with Gasteiger partial charge in [-0.3, -0.25) is 4.79 Å². The van der Waals surface area contributed by atoms with E-state index in [1.165, 1.54) is 0 Å². The molecule has 6 heteroatoms. The third-order valence-corrected chi connectivity index (χ3v) is 4.48. The zero-order valence-corrected chi connectivity index (χ0v) is 14.5. The SMILES string of the molecule is Cc1cc(C)c2[nH]c(O)c(N=NC(=O)Cc3c[nH]c4ccccc34)c2c1. The molecule has 0 saturated heterocycles. The molecule has 2 heterocycles. The summed E-state index contributed by atoms with van der Waals surface area (Å²) in [6.07, 6.45) is 1.96. The Hall–Kier alpha value is -3.41. The predicted molar refractivity (Wildman–Crippen MR) is 101 cm³/mol. The smallest absolute Gasteiger partial charge is 0.269 e. The van der Waals surface area contributed by atoms with E-state index >= 15 is 0 Å². The first-order chi connectivity index (χ1) is 12.5. The van der Waals surface area contributed by atoms with Crippen LogP contribution in [-0.4, -0.2) is 21.0 Å². The van der Waals surface area contributed by atoms with Crippen LogP contribution in [0.15, 0.2) is 52.8 Å². The van der Waals surface area contributed by atoms with Gasteiger partial charge in [0.05, 0.1) is 11.9 Å². The van der Waals surface area contributed by atoms with Crippen LogP contribution in [0.2, 0.25) is 0 Å². The van der Waals surface area contributed by atoms with Gasteiger partial charge in [0, 0.05) is 22.5 Å². The highest BCUT2D eigenvalue weighted by molar-refractivity contribution is 5.97. The van der Waals surface area contributed by atoms with Gasteiger partial charge in [-0.2, -0.15) is 0 Å². The summed E-state index contributed by atoms with van der Waals surface area (Å²) < 4.78 is 0. The number of carbonyl (C=O) groups is 1. The average molecular weight is 346 g/mol. The second-order valence-electron chi connectivity index (χ2n) is 6.46. The summed E-state index contributed by atoms with van der Waals surface area (Å²) in [4.78, 5) is 18.3. The fourth-order valence-corrected chi connectivity index (χ4v) is 3.31. The summed E-state index contributed by atoms with van der Waals surface area (Å²) in [5.74, 6) is -0.453. The molecular weight excluding hydrogens is 328 g/mol.